The molecule has 0 aliphatic heterocycles. The fourth-order valence-electron chi connectivity index (χ4n) is 2.25. The summed E-state index contributed by atoms with van der Waals surface area (Å²) in [5.74, 6) is -0.742. The van der Waals surface area contributed by atoms with E-state index in [0.29, 0.717) is 23.6 Å². The Morgan fingerprint density at radius 1 is 1.42 bits per heavy atom. The van der Waals surface area contributed by atoms with Gasteiger partial charge in [-0.25, -0.2) is 4.79 Å². The van der Waals surface area contributed by atoms with Gasteiger partial charge in [-0.3, -0.25) is 4.79 Å². The number of rotatable bonds is 4. The van der Waals surface area contributed by atoms with Crippen LogP contribution < -0.4 is 5.32 Å². The molecule has 4 heteroatoms. The molecule has 0 fully saturated rings. The van der Waals surface area contributed by atoms with Crippen molar-refractivity contribution in [3.8, 4) is 0 Å². The predicted molar refractivity (Wildman–Crippen MR) is 73.2 cm³/mol. The van der Waals surface area contributed by atoms with E-state index in [9.17, 15) is 9.59 Å². The number of hydrogen-bond acceptors (Lipinski definition) is 2. The Morgan fingerprint density at radius 2 is 2.21 bits per heavy atom. The third-order valence-corrected chi connectivity index (χ3v) is 3.31. The lowest BCUT2D eigenvalue weighted by atomic mass is 10.0. The van der Waals surface area contributed by atoms with Gasteiger partial charge in [-0.15, -0.1) is 0 Å². The van der Waals surface area contributed by atoms with E-state index in [4.69, 9.17) is 5.11 Å². The summed E-state index contributed by atoms with van der Waals surface area (Å²) in [5.41, 5.74) is 1.44. The number of hydrogen-bond donors (Lipinski definition) is 2. The second-order valence-corrected chi connectivity index (χ2v) is 4.85. The minimum absolute atomic E-state index is 0.0725. The van der Waals surface area contributed by atoms with Crippen LogP contribution in [0.2, 0.25) is 0 Å². The zero-order valence-corrected chi connectivity index (χ0v) is 10.8. The molecule has 19 heavy (non-hydrogen) atoms. The maximum Gasteiger partial charge on any atom is 0.336 e. The Morgan fingerprint density at radius 3 is 2.84 bits per heavy atom. The Labute approximate surface area is 112 Å². The third kappa shape index (κ3) is 3.44. The second-order valence-electron chi connectivity index (χ2n) is 4.85. The number of benzene rings is 1. The van der Waals surface area contributed by atoms with E-state index in [0.717, 1.165) is 12.8 Å². The van der Waals surface area contributed by atoms with Gasteiger partial charge in [-0.05, 0) is 43.4 Å². The molecular weight excluding hydrogens is 242 g/mol. The van der Waals surface area contributed by atoms with Crippen molar-refractivity contribution >= 4 is 17.6 Å². The van der Waals surface area contributed by atoms with Crippen LogP contribution in [0.25, 0.3) is 0 Å². The first-order valence-corrected chi connectivity index (χ1v) is 6.36. The Balaban J connectivity index is 2.02. The van der Waals surface area contributed by atoms with E-state index < -0.39 is 5.97 Å². The normalized spacial score (nSPS) is 17.4. The molecule has 0 heterocycles. The zero-order chi connectivity index (χ0) is 13.8. The summed E-state index contributed by atoms with van der Waals surface area (Å²) in [6.45, 7) is 1.73. The van der Waals surface area contributed by atoms with Crippen LogP contribution in [-0.2, 0) is 4.79 Å². The van der Waals surface area contributed by atoms with Crippen LogP contribution in [0.5, 0.6) is 0 Å². The van der Waals surface area contributed by atoms with Crippen LogP contribution in [0.4, 0.5) is 5.69 Å². The van der Waals surface area contributed by atoms with Gasteiger partial charge in [0.25, 0.3) is 0 Å². The molecule has 2 N–H and O–H groups in total. The number of carbonyl (C=O) groups excluding carboxylic acids is 1. The molecule has 0 bridgehead atoms. The van der Waals surface area contributed by atoms with Gasteiger partial charge in [-0.1, -0.05) is 18.2 Å². The molecule has 1 aliphatic rings. The van der Waals surface area contributed by atoms with Crippen LogP contribution in [0, 0.1) is 12.8 Å². The number of nitrogens with one attached hydrogen (secondary N) is 1. The molecule has 1 atom stereocenters. The first kappa shape index (κ1) is 13.3. The molecule has 0 spiro atoms. The number of aryl methyl sites for hydroxylation is 1. The lowest BCUT2D eigenvalue weighted by Gasteiger charge is -2.10. The Kier molecular flexibility index (Phi) is 4.00. The van der Waals surface area contributed by atoms with Gasteiger partial charge in [0.1, 0.15) is 0 Å². The Bertz CT molecular complexity index is 534. The van der Waals surface area contributed by atoms with Crippen molar-refractivity contribution in [2.75, 3.05) is 5.32 Å². The number of anilines is 1. The number of carboxylic acid groups (broad SMARTS) is 1. The van der Waals surface area contributed by atoms with Crippen molar-refractivity contribution in [1.29, 1.82) is 0 Å². The maximum atomic E-state index is 11.8. The monoisotopic (exact) mass is 259 g/mol. The van der Waals surface area contributed by atoms with Crippen molar-refractivity contribution in [3.63, 3.8) is 0 Å². The maximum absolute atomic E-state index is 11.8. The molecule has 1 aromatic carbocycles. The van der Waals surface area contributed by atoms with Gasteiger partial charge in [0.05, 0.1) is 5.56 Å². The summed E-state index contributed by atoms with van der Waals surface area (Å²) in [4.78, 5) is 22.9. The summed E-state index contributed by atoms with van der Waals surface area (Å²) in [5, 5.41) is 11.8. The predicted octanol–water partition coefficient (Wildman–Crippen LogP) is 2.99. The molecular formula is C15H17NO3. The van der Waals surface area contributed by atoms with E-state index in [2.05, 4.69) is 17.5 Å². The highest BCUT2D eigenvalue weighted by Crippen LogP contribution is 2.21. The molecule has 0 radical (unpaired) electrons. The van der Waals surface area contributed by atoms with E-state index >= 15 is 0 Å². The summed E-state index contributed by atoms with van der Waals surface area (Å²) >= 11 is 0. The summed E-state index contributed by atoms with van der Waals surface area (Å²) in [7, 11) is 0. The topological polar surface area (TPSA) is 66.4 Å². The van der Waals surface area contributed by atoms with Crippen LogP contribution in [-0.4, -0.2) is 17.0 Å². The first-order valence-electron chi connectivity index (χ1n) is 6.36. The molecule has 2 rings (SSSR count). The number of aromatic carboxylic acids is 1. The van der Waals surface area contributed by atoms with E-state index in [1.165, 1.54) is 6.07 Å². The number of carboxylic acids is 1. The highest BCUT2D eigenvalue weighted by atomic mass is 16.4. The van der Waals surface area contributed by atoms with Crippen LogP contribution in [0.15, 0.2) is 30.4 Å². The molecule has 4 nitrogen and oxygen atoms in total. The van der Waals surface area contributed by atoms with Gasteiger partial charge >= 0.3 is 5.97 Å². The molecule has 0 saturated carbocycles. The quantitative estimate of drug-likeness (QED) is 0.817. The molecule has 100 valence electrons. The molecule has 0 saturated heterocycles. The number of amides is 1. The highest BCUT2D eigenvalue weighted by Gasteiger charge is 2.15. The summed E-state index contributed by atoms with van der Waals surface area (Å²) in [6, 6.07) is 4.93. The highest BCUT2D eigenvalue weighted by molar-refractivity contribution is 5.94. The number of allylic oxidation sites excluding steroid dienone is 2. The first-order chi connectivity index (χ1) is 9.06. The molecule has 1 aliphatic carbocycles. The van der Waals surface area contributed by atoms with E-state index in [1.807, 2.05) is 0 Å². The van der Waals surface area contributed by atoms with Gasteiger partial charge < -0.3 is 10.4 Å². The lowest BCUT2D eigenvalue weighted by molar-refractivity contribution is -0.116. The standard InChI is InChI=1S/C15H17NO3/c1-10-6-7-12(9-13(10)15(18)19)16-14(17)8-11-4-2-3-5-11/h2,4,6-7,9,11H,3,5,8H2,1H3,(H,16,17)(H,18,19). The van der Waals surface area contributed by atoms with Gasteiger partial charge in [0.2, 0.25) is 5.91 Å². The minimum atomic E-state index is -0.979. The third-order valence-electron chi connectivity index (χ3n) is 3.31. The van der Waals surface area contributed by atoms with Gasteiger partial charge in [0, 0.05) is 12.1 Å². The molecule has 1 aromatic rings. The lowest BCUT2D eigenvalue weighted by Crippen LogP contribution is -2.15. The minimum Gasteiger partial charge on any atom is -0.478 e. The van der Waals surface area contributed by atoms with Crippen molar-refractivity contribution in [2.24, 2.45) is 5.92 Å². The van der Waals surface area contributed by atoms with E-state index in [1.54, 1.807) is 19.1 Å². The molecule has 0 aromatic heterocycles. The molecule has 1 unspecified atom stereocenters. The largest absolute Gasteiger partial charge is 0.478 e. The van der Waals surface area contributed by atoms with Crippen LogP contribution >= 0.6 is 0 Å². The molecule has 1 amide bonds. The van der Waals surface area contributed by atoms with Crippen molar-refractivity contribution in [1.82, 2.24) is 0 Å². The van der Waals surface area contributed by atoms with Crippen molar-refractivity contribution < 1.29 is 14.7 Å². The van der Waals surface area contributed by atoms with Gasteiger partial charge in [-0.2, -0.15) is 0 Å². The SMILES string of the molecule is Cc1ccc(NC(=O)CC2C=CCC2)cc1C(=O)O. The van der Waals surface area contributed by atoms with Crippen LogP contribution in [0.1, 0.15) is 35.2 Å². The average Bonchev–Trinajstić information content (AvgIpc) is 2.84. The fraction of sp³-hybridized carbons (Fsp3) is 0.333. The van der Waals surface area contributed by atoms with Gasteiger partial charge in [0.15, 0.2) is 0 Å². The van der Waals surface area contributed by atoms with Crippen molar-refractivity contribution in [2.45, 2.75) is 26.2 Å². The zero-order valence-electron chi connectivity index (χ0n) is 10.8. The summed E-state index contributed by atoms with van der Waals surface area (Å²) < 4.78 is 0. The smallest absolute Gasteiger partial charge is 0.336 e. The summed E-state index contributed by atoms with van der Waals surface area (Å²) in [6.07, 6.45) is 6.66. The number of carbonyl (C=O) groups is 2. The Hall–Kier alpha value is -2.10. The van der Waals surface area contributed by atoms with Crippen molar-refractivity contribution in [3.05, 3.63) is 41.5 Å². The van der Waals surface area contributed by atoms with E-state index in [-0.39, 0.29) is 11.5 Å². The second kappa shape index (κ2) is 5.69. The van der Waals surface area contributed by atoms with Crippen LogP contribution in [0.3, 0.4) is 0 Å². The fourth-order valence-corrected chi connectivity index (χ4v) is 2.25. The average molecular weight is 259 g/mol.